The van der Waals surface area contributed by atoms with Crippen LogP contribution >= 0.6 is 0 Å². The summed E-state index contributed by atoms with van der Waals surface area (Å²) in [7, 11) is 3.80. The van der Waals surface area contributed by atoms with Crippen molar-refractivity contribution in [2.75, 3.05) is 54.3 Å². The Hall–Kier alpha value is -7.44. The molecule has 0 spiro atoms. The average molecular weight is 1030 g/mol. The van der Waals surface area contributed by atoms with Crippen LogP contribution in [0.5, 0.6) is 5.75 Å². The van der Waals surface area contributed by atoms with Gasteiger partial charge < -0.3 is 75.3 Å². The Kier molecular flexibility index (Phi) is 19.6. The van der Waals surface area contributed by atoms with E-state index < -0.39 is 128 Å². The topological polar surface area (TPSA) is 303 Å². The minimum atomic E-state index is -1.62. The molecule has 7 amide bonds. The summed E-state index contributed by atoms with van der Waals surface area (Å²) in [5.41, 5.74) is 1.78. The van der Waals surface area contributed by atoms with Crippen LogP contribution < -0.4 is 36.6 Å². The smallest absolute Gasteiger partial charge is 0.354 e. The van der Waals surface area contributed by atoms with Crippen LogP contribution in [-0.2, 0) is 63.7 Å². The van der Waals surface area contributed by atoms with Gasteiger partial charge in [0.15, 0.2) is 11.9 Å². The van der Waals surface area contributed by atoms with E-state index in [1.54, 1.807) is 44.2 Å². The minimum absolute atomic E-state index is 0.0212. The normalized spacial score (nSPS) is 25.6. The number of ether oxygens (including phenoxy) is 6. The van der Waals surface area contributed by atoms with Crippen LogP contribution in [0.1, 0.15) is 61.6 Å². The number of rotatable bonds is 13. The summed E-state index contributed by atoms with van der Waals surface area (Å²) in [6.45, 7) is 3.59. The SMILES string of the molecule is CCOc1ccc(/C=C/C=C/C[C@@H]2OC(C)(C)O[C@H]2[C@H]2NC(=O)C[C@@H](O)CNC(=O)CNC(=O)[C@@H](Cc3c(C(=O)OC)[nH]c4ccccc34)NC(=O)CN(C)C(=O)/C=C3/NC(=O)C[C@H]3NC(=O)[C@H]2OCOC)cc1. The number of carbonyl (C=O) groups excluding carboxylic acids is 8. The fraction of sp³-hybridized carbons (Fsp3) is 0.451. The van der Waals surface area contributed by atoms with Gasteiger partial charge in [0.1, 0.15) is 30.4 Å². The predicted octanol–water partition coefficient (Wildman–Crippen LogP) is 0.378. The van der Waals surface area contributed by atoms with Crippen molar-refractivity contribution < 1.29 is 71.9 Å². The summed E-state index contributed by atoms with van der Waals surface area (Å²) in [5.74, 6) is -6.65. The number of aliphatic hydroxyl groups is 1. The number of nitrogens with zero attached hydrogens (tertiary/aromatic N) is 1. The molecule has 23 heteroatoms. The van der Waals surface area contributed by atoms with Crippen LogP contribution in [0.3, 0.4) is 0 Å². The number of likely N-dealkylation sites (N-methyl/N-ethyl adjacent to an activating group) is 1. The monoisotopic (exact) mass is 1030 g/mol. The molecule has 0 aliphatic carbocycles. The molecule has 3 aliphatic heterocycles. The number of para-hydroxylation sites is 1. The van der Waals surface area contributed by atoms with Crippen LogP contribution in [0.4, 0.5) is 0 Å². The number of methoxy groups -OCH3 is 2. The summed E-state index contributed by atoms with van der Waals surface area (Å²) >= 11 is 0. The van der Waals surface area contributed by atoms with Gasteiger partial charge >= 0.3 is 5.97 Å². The maximum Gasteiger partial charge on any atom is 0.354 e. The van der Waals surface area contributed by atoms with Gasteiger partial charge in [0.2, 0.25) is 35.4 Å². The van der Waals surface area contributed by atoms with Gasteiger partial charge in [-0.05, 0) is 56.5 Å². The fourth-order valence-corrected chi connectivity index (χ4v) is 8.57. The van der Waals surface area contributed by atoms with E-state index in [1.165, 1.54) is 21.3 Å². The molecule has 74 heavy (non-hydrogen) atoms. The number of hydrogen-bond acceptors (Lipinski definition) is 15. The number of carbonyl (C=O) groups is 8. The molecular weight excluding hydrogens is 965 g/mol. The van der Waals surface area contributed by atoms with Gasteiger partial charge in [0.05, 0.1) is 63.9 Å². The van der Waals surface area contributed by atoms with Gasteiger partial charge in [-0.1, -0.05) is 54.6 Å². The maximum absolute atomic E-state index is 14.5. The lowest BCUT2D eigenvalue weighted by atomic mass is 9.96. The van der Waals surface area contributed by atoms with Gasteiger partial charge in [0, 0.05) is 49.8 Å². The highest BCUT2D eigenvalue weighted by atomic mass is 16.8. The van der Waals surface area contributed by atoms with Crippen molar-refractivity contribution >= 4 is 64.3 Å². The lowest BCUT2D eigenvalue weighted by Gasteiger charge is -2.33. The number of benzene rings is 2. The molecule has 3 aliphatic rings. The molecule has 2 saturated heterocycles. The molecule has 3 aromatic rings. The third kappa shape index (κ3) is 15.3. The highest BCUT2D eigenvalue weighted by molar-refractivity contribution is 6.00. The summed E-state index contributed by atoms with van der Waals surface area (Å²) in [4.78, 5) is 113. The molecule has 2 aromatic carbocycles. The van der Waals surface area contributed by atoms with Crippen LogP contribution in [0.25, 0.3) is 17.0 Å². The second-order valence-corrected chi connectivity index (χ2v) is 18.1. The second-order valence-electron chi connectivity index (χ2n) is 18.1. The third-order valence-corrected chi connectivity index (χ3v) is 12.0. The zero-order valence-corrected chi connectivity index (χ0v) is 42.0. The molecule has 1 aromatic heterocycles. The Labute approximate surface area is 427 Å². The molecule has 7 atom stereocenters. The molecule has 0 saturated carbocycles. The quantitative estimate of drug-likeness (QED) is 0.0652. The number of esters is 1. The first-order valence-corrected chi connectivity index (χ1v) is 24.0. The summed E-state index contributed by atoms with van der Waals surface area (Å²) in [6, 6.07) is 10.5. The Morgan fingerprint density at radius 1 is 0.878 bits per heavy atom. The molecule has 0 radical (unpaired) electrons. The zero-order valence-electron chi connectivity index (χ0n) is 42.0. The molecule has 2 fully saturated rings. The molecule has 398 valence electrons. The van der Waals surface area contributed by atoms with E-state index in [2.05, 4.69) is 36.9 Å². The number of aliphatic hydroxyl groups excluding tert-OH is 1. The van der Waals surface area contributed by atoms with Gasteiger partial charge in [0.25, 0.3) is 5.91 Å². The van der Waals surface area contributed by atoms with Gasteiger partial charge in [-0.2, -0.15) is 0 Å². The van der Waals surface area contributed by atoms with E-state index in [0.29, 0.717) is 23.1 Å². The van der Waals surface area contributed by atoms with Crippen molar-refractivity contribution in [2.24, 2.45) is 0 Å². The number of nitrogens with one attached hydrogen (secondary N) is 7. The Morgan fingerprint density at radius 3 is 2.36 bits per heavy atom. The number of hydrogen-bond donors (Lipinski definition) is 8. The number of β-amino-alcohol motifs (C(OH)–C–C–N with tert-alkyl or cyclic N) is 1. The maximum atomic E-state index is 14.5. The number of amides is 7. The lowest BCUT2D eigenvalue weighted by Crippen LogP contribution is -2.60. The number of aromatic amines is 1. The molecule has 0 bridgehead atoms. The molecule has 0 unspecified atom stereocenters. The van der Waals surface area contributed by atoms with E-state index in [1.807, 2.05) is 49.4 Å². The number of aromatic nitrogens is 1. The van der Waals surface area contributed by atoms with Crippen LogP contribution in [-0.4, -0.2) is 165 Å². The fourth-order valence-electron chi connectivity index (χ4n) is 8.57. The number of allylic oxidation sites excluding steroid dienone is 2. The first-order chi connectivity index (χ1) is 35.4. The lowest BCUT2D eigenvalue weighted by molar-refractivity contribution is -0.165. The molecule has 6 rings (SSSR count). The predicted molar refractivity (Wildman–Crippen MR) is 265 cm³/mol. The Morgan fingerprint density at radius 2 is 1.64 bits per heavy atom. The molecule has 23 nitrogen and oxygen atoms in total. The number of fused-ring (bicyclic) bond motifs is 2. The van der Waals surface area contributed by atoms with Crippen molar-refractivity contribution in [1.82, 2.24) is 41.8 Å². The first-order valence-electron chi connectivity index (χ1n) is 24.0. The van der Waals surface area contributed by atoms with Crippen molar-refractivity contribution in [1.29, 1.82) is 0 Å². The Bertz CT molecular complexity index is 2630. The van der Waals surface area contributed by atoms with Crippen LogP contribution in [0, 0.1) is 0 Å². The van der Waals surface area contributed by atoms with Crippen LogP contribution in [0.15, 0.2) is 78.5 Å². The average Bonchev–Trinajstić information content (AvgIpc) is 4.01. The van der Waals surface area contributed by atoms with E-state index in [9.17, 15) is 43.5 Å². The highest BCUT2D eigenvalue weighted by Crippen LogP contribution is 2.34. The second kappa shape index (κ2) is 26.0. The van der Waals surface area contributed by atoms with Crippen molar-refractivity contribution in [3.63, 3.8) is 0 Å². The largest absolute Gasteiger partial charge is 0.494 e. The highest BCUT2D eigenvalue weighted by Gasteiger charge is 2.50. The van der Waals surface area contributed by atoms with Crippen molar-refractivity contribution in [3.05, 3.63) is 95.4 Å². The standard InChI is InChI=1S/C51H64N8O15/c1-7-71-31-19-17-29(18-20-31)13-9-8-10-16-38-46(74-51(2,3)73-38)45-47(72-28-69-5)49(67)57-35-23-40(62)54-36(35)24-43(65)59(4)27-42(64)55-37(48(66)53-26-41(63)52-25-30(60)21-39(61)58-45)22-33-32-14-11-12-15-34(32)56-44(33)50(68)70-6/h8-15,17-20,24,30,35,37-38,45-47,56,60H,7,16,21-23,25-28H2,1-6H3,(H,52,63)(H,53,66)(H,54,62)(H,55,64)(H,57,67)(H,58,61)/b10-8+,13-9+,36-24+/t30-,35-,37-,38+,45-,46-,47+/m1/s1. The molecular formula is C51H64N8O15. The minimum Gasteiger partial charge on any atom is -0.494 e. The van der Waals surface area contributed by atoms with E-state index >= 15 is 0 Å². The third-order valence-electron chi connectivity index (χ3n) is 12.0. The van der Waals surface area contributed by atoms with Gasteiger partial charge in [-0.25, -0.2) is 4.79 Å². The Balaban J connectivity index is 1.28. The van der Waals surface area contributed by atoms with Crippen LogP contribution in [0.2, 0.25) is 0 Å². The number of H-pyrrole nitrogens is 1. The zero-order chi connectivity index (χ0) is 53.5. The van der Waals surface area contributed by atoms with E-state index in [-0.39, 0.29) is 30.7 Å². The summed E-state index contributed by atoms with van der Waals surface area (Å²) in [6.07, 6.45) is 2.39. The van der Waals surface area contributed by atoms with Crippen molar-refractivity contribution in [2.45, 2.75) is 94.8 Å². The first kappa shape index (κ1) is 55.9. The molecule has 8 N–H and O–H groups in total. The summed E-state index contributed by atoms with van der Waals surface area (Å²) < 4.78 is 34.4. The van der Waals surface area contributed by atoms with Crippen molar-refractivity contribution in [3.8, 4) is 5.75 Å². The van der Waals surface area contributed by atoms with Gasteiger partial charge in [-0.15, -0.1) is 0 Å². The molecule has 4 heterocycles. The van der Waals surface area contributed by atoms with E-state index in [4.69, 9.17) is 28.4 Å². The van der Waals surface area contributed by atoms with Gasteiger partial charge in [-0.3, -0.25) is 33.6 Å². The summed E-state index contributed by atoms with van der Waals surface area (Å²) in [5, 5.41) is 27.2. The van der Waals surface area contributed by atoms with E-state index in [0.717, 1.165) is 22.3 Å².